The van der Waals surface area contributed by atoms with Gasteiger partial charge in [0.05, 0.1) is 0 Å². The van der Waals surface area contributed by atoms with E-state index in [4.69, 9.17) is 5.11 Å². The highest BCUT2D eigenvalue weighted by atomic mass is 16.4. The SMILES string of the molecule is O=C(O)CCCCc1ccc(C(=O)c2cccnc2)cc1. The first-order chi connectivity index (χ1) is 10.2. The number of aliphatic carboxylic acids is 1. The zero-order valence-electron chi connectivity index (χ0n) is 11.7. The van der Waals surface area contributed by atoms with E-state index in [2.05, 4.69) is 4.98 Å². The minimum Gasteiger partial charge on any atom is -0.481 e. The first-order valence-electron chi connectivity index (χ1n) is 6.92. The molecule has 4 heteroatoms. The van der Waals surface area contributed by atoms with Gasteiger partial charge in [-0.3, -0.25) is 14.6 Å². The van der Waals surface area contributed by atoms with Crippen LogP contribution in [0.25, 0.3) is 0 Å². The summed E-state index contributed by atoms with van der Waals surface area (Å²) in [5.74, 6) is -0.798. The summed E-state index contributed by atoms with van der Waals surface area (Å²) in [5, 5.41) is 8.57. The molecule has 4 nitrogen and oxygen atoms in total. The molecule has 2 aromatic rings. The Labute approximate surface area is 123 Å². The van der Waals surface area contributed by atoms with Gasteiger partial charge in [0.25, 0.3) is 0 Å². The van der Waals surface area contributed by atoms with Crippen LogP contribution in [0.2, 0.25) is 0 Å². The summed E-state index contributed by atoms with van der Waals surface area (Å²) in [5.41, 5.74) is 2.33. The fraction of sp³-hybridized carbons (Fsp3) is 0.235. The Kier molecular flexibility index (Phi) is 5.21. The van der Waals surface area contributed by atoms with Gasteiger partial charge in [0.1, 0.15) is 0 Å². The number of carboxylic acid groups (broad SMARTS) is 1. The molecule has 1 aromatic heterocycles. The number of ketones is 1. The Balaban J connectivity index is 1.93. The molecule has 108 valence electrons. The van der Waals surface area contributed by atoms with Gasteiger partial charge in [-0.2, -0.15) is 0 Å². The van der Waals surface area contributed by atoms with E-state index in [0.717, 1.165) is 18.4 Å². The summed E-state index contributed by atoms with van der Waals surface area (Å²) < 4.78 is 0. The number of aryl methyl sites for hydroxylation is 1. The largest absolute Gasteiger partial charge is 0.481 e. The minimum atomic E-state index is -0.757. The molecule has 0 bridgehead atoms. The number of carboxylic acids is 1. The second-order valence-electron chi connectivity index (χ2n) is 4.87. The smallest absolute Gasteiger partial charge is 0.303 e. The van der Waals surface area contributed by atoms with E-state index in [1.54, 1.807) is 24.5 Å². The van der Waals surface area contributed by atoms with Crippen molar-refractivity contribution in [1.82, 2.24) is 4.98 Å². The highest BCUT2D eigenvalue weighted by molar-refractivity contribution is 6.08. The molecule has 0 aliphatic rings. The lowest BCUT2D eigenvalue weighted by Gasteiger charge is -2.04. The molecule has 0 saturated carbocycles. The van der Waals surface area contributed by atoms with Gasteiger partial charge >= 0.3 is 5.97 Å². The van der Waals surface area contributed by atoms with Crippen LogP contribution in [-0.4, -0.2) is 21.8 Å². The lowest BCUT2D eigenvalue weighted by molar-refractivity contribution is -0.137. The Morgan fingerprint density at radius 2 is 1.76 bits per heavy atom. The van der Waals surface area contributed by atoms with Crippen LogP contribution in [0, 0.1) is 0 Å². The van der Waals surface area contributed by atoms with E-state index in [0.29, 0.717) is 17.5 Å². The van der Waals surface area contributed by atoms with Gasteiger partial charge < -0.3 is 5.11 Å². The lowest BCUT2D eigenvalue weighted by atomic mass is 10.0. The Morgan fingerprint density at radius 3 is 2.38 bits per heavy atom. The zero-order chi connectivity index (χ0) is 15.1. The molecule has 0 spiro atoms. The van der Waals surface area contributed by atoms with Crippen LogP contribution >= 0.6 is 0 Å². The normalized spacial score (nSPS) is 10.3. The van der Waals surface area contributed by atoms with Crippen molar-refractivity contribution in [2.24, 2.45) is 0 Å². The molecule has 1 heterocycles. The van der Waals surface area contributed by atoms with Crippen LogP contribution in [0.1, 0.15) is 40.7 Å². The predicted molar refractivity (Wildman–Crippen MR) is 79.3 cm³/mol. The molecule has 0 radical (unpaired) electrons. The highest BCUT2D eigenvalue weighted by Crippen LogP contribution is 2.12. The third-order valence-electron chi connectivity index (χ3n) is 3.25. The molecule has 0 fully saturated rings. The molecule has 0 atom stereocenters. The number of aromatic nitrogens is 1. The molecule has 0 amide bonds. The number of benzene rings is 1. The van der Waals surface area contributed by atoms with Crippen molar-refractivity contribution in [2.45, 2.75) is 25.7 Å². The molecule has 1 N–H and O–H groups in total. The quantitative estimate of drug-likeness (QED) is 0.626. The summed E-state index contributed by atoms with van der Waals surface area (Å²) in [4.78, 5) is 26.6. The summed E-state index contributed by atoms with van der Waals surface area (Å²) in [6, 6.07) is 10.9. The van der Waals surface area contributed by atoms with E-state index in [-0.39, 0.29) is 12.2 Å². The van der Waals surface area contributed by atoms with Gasteiger partial charge in [-0.15, -0.1) is 0 Å². The van der Waals surface area contributed by atoms with E-state index in [9.17, 15) is 9.59 Å². The Morgan fingerprint density at radius 1 is 1.00 bits per heavy atom. The van der Waals surface area contributed by atoms with E-state index >= 15 is 0 Å². The van der Waals surface area contributed by atoms with Crippen LogP contribution < -0.4 is 0 Å². The summed E-state index contributed by atoms with van der Waals surface area (Å²) in [6.07, 6.45) is 5.74. The fourth-order valence-corrected chi connectivity index (χ4v) is 2.09. The van der Waals surface area contributed by atoms with Gasteiger partial charge in [0, 0.05) is 29.9 Å². The third kappa shape index (κ3) is 4.53. The summed E-state index contributed by atoms with van der Waals surface area (Å²) in [6.45, 7) is 0. The number of carbonyl (C=O) groups excluding carboxylic acids is 1. The second-order valence-corrected chi connectivity index (χ2v) is 4.87. The van der Waals surface area contributed by atoms with E-state index in [1.807, 2.05) is 24.3 Å². The molecular formula is C17H17NO3. The second kappa shape index (κ2) is 7.33. The average molecular weight is 283 g/mol. The van der Waals surface area contributed by atoms with Crippen molar-refractivity contribution in [3.63, 3.8) is 0 Å². The standard InChI is InChI=1S/C17H17NO3/c19-16(20)6-2-1-4-13-7-9-14(10-8-13)17(21)15-5-3-11-18-12-15/h3,5,7-12H,1-2,4,6H2,(H,19,20). The predicted octanol–water partition coefficient (Wildman–Crippen LogP) is 3.11. The first-order valence-corrected chi connectivity index (χ1v) is 6.92. The number of rotatable bonds is 7. The van der Waals surface area contributed by atoms with Crippen LogP contribution in [-0.2, 0) is 11.2 Å². The average Bonchev–Trinajstić information content (AvgIpc) is 2.52. The van der Waals surface area contributed by atoms with Gasteiger partial charge in [-0.05, 0) is 37.0 Å². The number of hydrogen-bond donors (Lipinski definition) is 1. The molecule has 21 heavy (non-hydrogen) atoms. The van der Waals surface area contributed by atoms with Gasteiger partial charge in [-0.25, -0.2) is 0 Å². The maximum absolute atomic E-state index is 12.2. The maximum atomic E-state index is 12.2. The Bertz CT molecular complexity index is 606. The van der Waals surface area contributed by atoms with Crippen molar-refractivity contribution in [3.05, 3.63) is 65.5 Å². The van der Waals surface area contributed by atoms with Gasteiger partial charge in [-0.1, -0.05) is 24.3 Å². The molecule has 0 aliphatic carbocycles. The lowest BCUT2D eigenvalue weighted by Crippen LogP contribution is -2.01. The molecule has 0 unspecified atom stereocenters. The first kappa shape index (κ1) is 14.9. The minimum absolute atomic E-state index is 0.0412. The number of carbonyl (C=O) groups is 2. The monoisotopic (exact) mass is 283 g/mol. The van der Waals surface area contributed by atoms with E-state index in [1.165, 1.54) is 0 Å². The van der Waals surface area contributed by atoms with E-state index < -0.39 is 5.97 Å². The third-order valence-corrected chi connectivity index (χ3v) is 3.25. The number of hydrogen-bond acceptors (Lipinski definition) is 3. The topological polar surface area (TPSA) is 67.3 Å². The summed E-state index contributed by atoms with van der Waals surface area (Å²) >= 11 is 0. The van der Waals surface area contributed by atoms with Gasteiger partial charge in [0.2, 0.25) is 0 Å². The van der Waals surface area contributed by atoms with Crippen LogP contribution in [0.15, 0.2) is 48.8 Å². The molecular weight excluding hydrogens is 266 g/mol. The van der Waals surface area contributed by atoms with Crippen LogP contribution in [0.4, 0.5) is 0 Å². The zero-order valence-corrected chi connectivity index (χ0v) is 11.7. The van der Waals surface area contributed by atoms with Crippen molar-refractivity contribution in [3.8, 4) is 0 Å². The number of nitrogens with zero attached hydrogens (tertiary/aromatic N) is 1. The van der Waals surface area contributed by atoms with Crippen molar-refractivity contribution >= 4 is 11.8 Å². The molecule has 0 saturated heterocycles. The summed E-state index contributed by atoms with van der Waals surface area (Å²) in [7, 11) is 0. The van der Waals surface area contributed by atoms with Crippen LogP contribution in [0.5, 0.6) is 0 Å². The Hall–Kier alpha value is -2.49. The maximum Gasteiger partial charge on any atom is 0.303 e. The van der Waals surface area contributed by atoms with Gasteiger partial charge in [0.15, 0.2) is 5.78 Å². The van der Waals surface area contributed by atoms with Crippen LogP contribution in [0.3, 0.4) is 0 Å². The number of unbranched alkanes of at least 4 members (excludes halogenated alkanes) is 1. The van der Waals surface area contributed by atoms with Crippen molar-refractivity contribution < 1.29 is 14.7 Å². The highest BCUT2D eigenvalue weighted by Gasteiger charge is 2.08. The molecule has 1 aromatic carbocycles. The number of pyridine rings is 1. The molecule has 2 rings (SSSR count). The van der Waals surface area contributed by atoms with Crippen molar-refractivity contribution in [1.29, 1.82) is 0 Å². The fourth-order valence-electron chi connectivity index (χ4n) is 2.09. The van der Waals surface area contributed by atoms with Crippen molar-refractivity contribution in [2.75, 3.05) is 0 Å². The molecule has 0 aliphatic heterocycles.